The zero-order valence-electron chi connectivity index (χ0n) is 11.0. The number of imidazole rings is 1. The highest BCUT2D eigenvalue weighted by atomic mass is 16.5. The molecule has 96 valence electrons. The first-order valence-corrected chi connectivity index (χ1v) is 6.13. The molecule has 0 aliphatic heterocycles. The van der Waals surface area contributed by atoms with Crippen molar-refractivity contribution in [1.29, 1.82) is 0 Å². The molecule has 4 heteroatoms. The van der Waals surface area contributed by atoms with Crippen LogP contribution in [-0.4, -0.2) is 23.6 Å². The zero-order chi connectivity index (χ0) is 13.0. The summed E-state index contributed by atoms with van der Waals surface area (Å²) in [6.45, 7) is 5.07. The Hall–Kier alpha value is -1.81. The quantitative estimate of drug-likeness (QED) is 0.850. The van der Waals surface area contributed by atoms with E-state index in [0.717, 1.165) is 18.1 Å². The van der Waals surface area contributed by atoms with Crippen LogP contribution in [0.15, 0.2) is 30.6 Å². The molecule has 0 saturated heterocycles. The third kappa shape index (κ3) is 2.54. The fourth-order valence-electron chi connectivity index (χ4n) is 2.09. The second kappa shape index (κ2) is 5.69. The largest absolute Gasteiger partial charge is 0.497 e. The lowest BCUT2D eigenvalue weighted by Gasteiger charge is -2.18. The van der Waals surface area contributed by atoms with Gasteiger partial charge < -0.3 is 15.0 Å². The highest BCUT2D eigenvalue weighted by molar-refractivity contribution is 5.38. The molecule has 0 radical (unpaired) electrons. The second-order valence-corrected chi connectivity index (χ2v) is 4.19. The first kappa shape index (κ1) is 12.6. The van der Waals surface area contributed by atoms with E-state index in [9.17, 15) is 0 Å². The molecule has 2 rings (SSSR count). The second-order valence-electron chi connectivity index (χ2n) is 4.19. The van der Waals surface area contributed by atoms with Crippen molar-refractivity contribution in [2.45, 2.75) is 19.9 Å². The molecule has 2 aromatic rings. The van der Waals surface area contributed by atoms with Crippen molar-refractivity contribution in [1.82, 2.24) is 15.3 Å². The number of methoxy groups -OCH3 is 1. The van der Waals surface area contributed by atoms with E-state index in [-0.39, 0.29) is 6.04 Å². The van der Waals surface area contributed by atoms with E-state index in [1.807, 2.05) is 18.3 Å². The standard InChI is InChI=1S/C14H19N3O/c1-4-15-13(14-16-7-8-17-14)12-6-5-11(18-3)9-10(12)2/h5-9,13,15H,4H2,1-3H3,(H,16,17). The van der Waals surface area contributed by atoms with Gasteiger partial charge in [-0.2, -0.15) is 0 Å². The van der Waals surface area contributed by atoms with Crippen LogP contribution in [0, 0.1) is 6.92 Å². The molecule has 0 fully saturated rings. The van der Waals surface area contributed by atoms with E-state index in [1.165, 1.54) is 11.1 Å². The molecule has 18 heavy (non-hydrogen) atoms. The highest BCUT2D eigenvalue weighted by Crippen LogP contribution is 2.25. The molecule has 0 bridgehead atoms. The van der Waals surface area contributed by atoms with Gasteiger partial charge in [-0.25, -0.2) is 4.98 Å². The van der Waals surface area contributed by atoms with Gasteiger partial charge in [0.05, 0.1) is 13.2 Å². The van der Waals surface area contributed by atoms with Crippen molar-refractivity contribution < 1.29 is 4.74 Å². The van der Waals surface area contributed by atoms with Crippen LogP contribution < -0.4 is 10.1 Å². The predicted molar refractivity (Wildman–Crippen MR) is 71.8 cm³/mol. The summed E-state index contributed by atoms with van der Waals surface area (Å²) in [5.74, 6) is 1.82. The lowest BCUT2D eigenvalue weighted by atomic mass is 10.0. The summed E-state index contributed by atoms with van der Waals surface area (Å²) in [4.78, 5) is 7.52. The molecule has 0 aliphatic carbocycles. The molecule has 1 unspecified atom stereocenters. The van der Waals surface area contributed by atoms with Gasteiger partial charge in [-0.3, -0.25) is 0 Å². The number of H-pyrrole nitrogens is 1. The summed E-state index contributed by atoms with van der Waals surface area (Å²) in [7, 11) is 1.68. The van der Waals surface area contributed by atoms with Gasteiger partial charge in [0.1, 0.15) is 11.6 Å². The Morgan fingerprint density at radius 2 is 2.28 bits per heavy atom. The minimum Gasteiger partial charge on any atom is -0.497 e. The first-order valence-electron chi connectivity index (χ1n) is 6.13. The van der Waals surface area contributed by atoms with Crippen LogP contribution in [0.5, 0.6) is 5.75 Å². The van der Waals surface area contributed by atoms with Gasteiger partial charge in [0.15, 0.2) is 0 Å². The van der Waals surface area contributed by atoms with Crippen molar-refractivity contribution in [3.05, 3.63) is 47.5 Å². The molecular formula is C14H19N3O. The Morgan fingerprint density at radius 3 is 2.83 bits per heavy atom. The molecular weight excluding hydrogens is 226 g/mol. The first-order chi connectivity index (χ1) is 8.76. The van der Waals surface area contributed by atoms with Crippen LogP contribution in [0.4, 0.5) is 0 Å². The summed E-state index contributed by atoms with van der Waals surface area (Å²) in [5.41, 5.74) is 2.41. The predicted octanol–water partition coefficient (Wildman–Crippen LogP) is 2.43. The van der Waals surface area contributed by atoms with Crippen LogP contribution in [0.3, 0.4) is 0 Å². The number of aromatic amines is 1. The Labute approximate surface area is 107 Å². The topological polar surface area (TPSA) is 49.9 Å². The Kier molecular flexibility index (Phi) is 3.99. The number of hydrogen-bond donors (Lipinski definition) is 2. The monoisotopic (exact) mass is 245 g/mol. The minimum atomic E-state index is 0.0934. The smallest absolute Gasteiger partial charge is 0.127 e. The Morgan fingerprint density at radius 1 is 1.44 bits per heavy atom. The van der Waals surface area contributed by atoms with Crippen molar-refractivity contribution in [2.24, 2.45) is 0 Å². The maximum atomic E-state index is 5.24. The molecule has 0 amide bonds. The zero-order valence-corrected chi connectivity index (χ0v) is 11.0. The number of benzene rings is 1. The summed E-state index contributed by atoms with van der Waals surface area (Å²) in [6.07, 6.45) is 3.62. The van der Waals surface area contributed by atoms with Crippen LogP contribution in [0.1, 0.15) is 29.9 Å². The molecule has 2 N–H and O–H groups in total. The molecule has 1 aromatic carbocycles. The fourth-order valence-corrected chi connectivity index (χ4v) is 2.09. The summed E-state index contributed by atoms with van der Waals surface area (Å²) in [6, 6.07) is 6.21. The molecule has 0 aliphatic rings. The van der Waals surface area contributed by atoms with Crippen molar-refractivity contribution in [3.8, 4) is 5.75 Å². The number of rotatable bonds is 5. The third-order valence-corrected chi connectivity index (χ3v) is 2.99. The number of aryl methyl sites for hydroxylation is 1. The van der Waals surface area contributed by atoms with E-state index < -0.39 is 0 Å². The van der Waals surface area contributed by atoms with Gasteiger partial charge in [0.25, 0.3) is 0 Å². The van der Waals surface area contributed by atoms with E-state index in [0.29, 0.717) is 0 Å². The van der Waals surface area contributed by atoms with Crippen molar-refractivity contribution in [2.75, 3.05) is 13.7 Å². The van der Waals surface area contributed by atoms with Crippen molar-refractivity contribution in [3.63, 3.8) is 0 Å². The maximum Gasteiger partial charge on any atom is 0.127 e. The summed E-state index contributed by atoms with van der Waals surface area (Å²) in [5, 5.41) is 3.45. The van der Waals surface area contributed by atoms with Gasteiger partial charge >= 0.3 is 0 Å². The minimum absolute atomic E-state index is 0.0934. The maximum absolute atomic E-state index is 5.24. The molecule has 0 spiro atoms. The van der Waals surface area contributed by atoms with Crippen LogP contribution in [-0.2, 0) is 0 Å². The molecule has 4 nitrogen and oxygen atoms in total. The highest BCUT2D eigenvalue weighted by Gasteiger charge is 2.17. The van der Waals surface area contributed by atoms with Gasteiger partial charge in [0.2, 0.25) is 0 Å². The SMILES string of the molecule is CCNC(c1ncc[nH]1)c1ccc(OC)cc1C. The number of ether oxygens (including phenoxy) is 1. The molecule has 1 heterocycles. The van der Waals surface area contributed by atoms with Gasteiger partial charge in [-0.05, 0) is 36.7 Å². The van der Waals surface area contributed by atoms with Gasteiger partial charge in [-0.1, -0.05) is 13.0 Å². The number of hydrogen-bond acceptors (Lipinski definition) is 3. The molecule has 1 atom stereocenters. The van der Waals surface area contributed by atoms with E-state index in [2.05, 4.69) is 35.2 Å². The van der Waals surface area contributed by atoms with Crippen molar-refractivity contribution >= 4 is 0 Å². The van der Waals surface area contributed by atoms with E-state index >= 15 is 0 Å². The van der Waals surface area contributed by atoms with E-state index in [4.69, 9.17) is 4.74 Å². The number of nitrogens with one attached hydrogen (secondary N) is 2. The van der Waals surface area contributed by atoms with Gasteiger partial charge in [0, 0.05) is 12.4 Å². The fraction of sp³-hybridized carbons (Fsp3) is 0.357. The van der Waals surface area contributed by atoms with Gasteiger partial charge in [-0.15, -0.1) is 0 Å². The van der Waals surface area contributed by atoms with Crippen LogP contribution in [0.2, 0.25) is 0 Å². The lowest BCUT2D eigenvalue weighted by molar-refractivity contribution is 0.414. The number of nitrogens with zero attached hydrogens (tertiary/aromatic N) is 1. The number of aromatic nitrogens is 2. The summed E-state index contributed by atoms with van der Waals surface area (Å²) >= 11 is 0. The molecule has 1 aromatic heterocycles. The van der Waals surface area contributed by atoms with E-state index in [1.54, 1.807) is 13.3 Å². The third-order valence-electron chi connectivity index (χ3n) is 2.99. The Balaban J connectivity index is 2.37. The Bertz CT molecular complexity index is 494. The van der Waals surface area contributed by atoms with Crippen LogP contribution >= 0.6 is 0 Å². The average Bonchev–Trinajstić information content (AvgIpc) is 2.90. The molecule has 0 saturated carbocycles. The average molecular weight is 245 g/mol. The lowest BCUT2D eigenvalue weighted by Crippen LogP contribution is -2.23. The summed E-state index contributed by atoms with van der Waals surface area (Å²) < 4.78 is 5.24. The normalized spacial score (nSPS) is 12.4. The van der Waals surface area contributed by atoms with Crippen LogP contribution in [0.25, 0.3) is 0 Å².